The van der Waals surface area contributed by atoms with Crippen LogP contribution < -0.4 is 0 Å². The minimum Gasteiger partial charge on any atom is -0.793 e. The van der Waals surface area contributed by atoms with Crippen molar-refractivity contribution >= 4 is 49.2 Å². The normalized spacial score (nSPS) is 9.45. The molecule has 0 aromatic carbocycles. The zero-order valence-corrected chi connectivity index (χ0v) is 28.2. The zero-order chi connectivity index (χ0) is 25.0. The first-order chi connectivity index (χ1) is 15.7. The molecule has 0 heterocycles. The Kier molecular flexibility index (Phi) is 73.4. The van der Waals surface area contributed by atoms with E-state index in [-0.39, 0.29) is 23.9 Å². The average Bonchev–Trinajstić information content (AvgIpc) is 2.78. The molecule has 0 unspecified atom stereocenters. The van der Waals surface area contributed by atoms with Crippen molar-refractivity contribution < 1.29 is 0 Å². The van der Waals surface area contributed by atoms with Crippen LogP contribution in [0.25, 0.3) is 0 Å². The van der Waals surface area contributed by atoms with Crippen LogP contribution in [-0.2, 0) is 25.3 Å². The number of hydrogen-bond donors (Lipinski definition) is 0. The second-order valence-corrected chi connectivity index (χ2v) is 9.59. The van der Waals surface area contributed by atoms with Gasteiger partial charge in [0, 0.05) is 0 Å². The molecule has 0 aliphatic carbocycles. The fraction of sp³-hybridized carbons (Fsp3) is 0.933. The molecule has 0 saturated heterocycles. The summed E-state index contributed by atoms with van der Waals surface area (Å²) < 4.78 is 0. The Hall–Kier alpha value is 1.50. The van der Waals surface area contributed by atoms with Crippen LogP contribution in [0.4, 0.5) is 0 Å². The molecule has 3 heteroatoms. The van der Waals surface area contributed by atoms with Gasteiger partial charge in [-0.2, -0.15) is 11.5 Å². The molecule has 0 saturated carbocycles. The second-order valence-electron chi connectivity index (χ2n) is 8.77. The Morgan fingerprint density at radius 1 is 0.364 bits per heavy atom. The molecule has 4 radical (unpaired) electrons. The minimum atomic E-state index is 0. The first kappa shape index (κ1) is 44.5. The van der Waals surface area contributed by atoms with Gasteiger partial charge >= 0.3 is 23.9 Å². The van der Waals surface area contributed by atoms with E-state index in [1.165, 1.54) is 128 Å². The molecule has 0 aliphatic rings. The molecule has 0 rings (SSSR count). The largest absolute Gasteiger partial charge is 2.00 e. The molecule has 0 amide bonds. The number of hydrogen-bond acceptors (Lipinski definition) is 2. The van der Waals surface area contributed by atoms with Crippen molar-refractivity contribution in [3.63, 3.8) is 0 Å². The maximum absolute atomic E-state index is 4.90. The van der Waals surface area contributed by atoms with Gasteiger partial charge in [-0.15, -0.1) is 0 Å². The van der Waals surface area contributed by atoms with E-state index in [0.29, 0.717) is 0 Å². The molecular weight excluding hydrogens is 543 g/mol. The van der Waals surface area contributed by atoms with Gasteiger partial charge in [0.25, 0.3) is 0 Å². The van der Waals surface area contributed by atoms with Crippen molar-refractivity contribution in [3.8, 4) is 0 Å². The van der Waals surface area contributed by atoms with Gasteiger partial charge < -0.3 is 25.3 Å². The molecule has 0 aliphatic heterocycles. The van der Waals surface area contributed by atoms with Crippen molar-refractivity contribution in [1.29, 1.82) is 0 Å². The van der Waals surface area contributed by atoms with Crippen LogP contribution in [0.3, 0.4) is 0 Å². The summed E-state index contributed by atoms with van der Waals surface area (Å²) in [6, 6.07) is 0. The SMILES string of the molecule is CCCCCCCCCCCC[S-].CCCCCCCCCCCC[S-].[CH2]CC.[CH2]CC.[Sn+2]. The maximum Gasteiger partial charge on any atom is 2.00 e. The summed E-state index contributed by atoms with van der Waals surface area (Å²) in [4.78, 5) is 0. The Morgan fingerprint density at radius 2 is 0.515 bits per heavy atom. The van der Waals surface area contributed by atoms with E-state index in [2.05, 4.69) is 27.7 Å². The van der Waals surface area contributed by atoms with Gasteiger partial charge in [0.2, 0.25) is 0 Å². The molecule has 0 fully saturated rings. The molecule has 0 N–H and O–H groups in total. The van der Waals surface area contributed by atoms with Gasteiger partial charge in [0.1, 0.15) is 0 Å². The number of rotatable bonds is 20. The summed E-state index contributed by atoms with van der Waals surface area (Å²) in [7, 11) is 0. The minimum absolute atomic E-state index is 0. The first-order valence-corrected chi connectivity index (χ1v) is 15.6. The summed E-state index contributed by atoms with van der Waals surface area (Å²) >= 11 is 9.80. The van der Waals surface area contributed by atoms with Gasteiger partial charge in [-0.05, 0) is 0 Å². The first-order valence-electron chi connectivity index (χ1n) is 14.4. The Morgan fingerprint density at radius 3 is 0.667 bits per heavy atom. The maximum atomic E-state index is 4.90. The van der Waals surface area contributed by atoms with Gasteiger partial charge in [0.05, 0.1) is 0 Å². The van der Waals surface area contributed by atoms with E-state index in [0.717, 1.165) is 24.3 Å². The van der Waals surface area contributed by atoms with Crippen LogP contribution in [0, 0.1) is 13.8 Å². The molecule has 200 valence electrons. The summed E-state index contributed by atoms with van der Waals surface area (Å²) in [5.41, 5.74) is 0. The fourth-order valence-corrected chi connectivity index (χ4v) is 3.59. The topological polar surface area (TPSA) is 0 Å². The molecule has 0 aromatic rings. The van der Waals surface area contributed by atoms with Gasteiger partial charge in [-0.25, -0.2) is 0 Å². The second kappa shape index (κ2) is 54.4. The smallest absolute Gasteiger partial charge is 0.793 e. The van der Waals surface area contributed by atoms with Crippen LogP contribution in [0.2, 0.25) is 0 Å². The summed E-state index contributed by atoms with van der Waals surface area (Å²) in [5.74, 6) is 1.91. The zero-order valence-electron chi connectivity index (χ0n) is 23.7. The van der Waals surface area contributed by atoms with Crippen LogP contribution in [0.1, 0.15) is 169 Å². The number of unbranched alkanes of at least 4 members (excludes halogenated alkanes) is 18. The third-order valence-corrected chi connectivity index (χ3v) is 5.57. The van der Waals surface area contributed by atoms with E-state index in [1.54, 1.807) is 0 Å². The van der Waals surface area contributed by atoms with E-state index in [9.17, 15) is 0 Å². The summed E-state index contributed by atoms with van der Waals surface area (Å²) in [5, 5.41) is 0. The van der Waals surface area contributed by atoms with E-state index >= 15 is 0 Å². The van der Waals surface area contributed by atoms with Crippen LogP contribution in [0.5, 0.6) is 0 Å². The van der Waals surface area contributed by atoms with E-state index in [4.69, 9.17) is 25.3 Å². The quantitative estimate of drug-likeness (QED) is 0.0767. The van der Waals surface area contributed by atoms with Gasteiger partial charge in [-0.1, -0.05) is 183 Å². The fourth-order valence-electron chi connectivity index (χ4n) is 3.18. The van der Waals surface area contributed by atoms with Gasteiger partial charge in [-0.3, -0.25) is 0 Å². The third-order valence-electron chi connectivity index (χ3n) is 5.00. The van der Waals surface area contributed by atoms with Crippen molar-refractivity contribution in [2.45, 2.75) is 169 Å². The molecule has 0 spiro atoms. The average molecular weight is 608 g/mol. The van der Waals surface area contributed by atoms with Crippen molar-refractivity contribution in [2.24, 2.45) is 0 Å². The predicted molar refractivity (Wildman–Crippen MR) is 165 cm³/mol. The van der Waals surface area contributed by atoms with Crippen molar-refractivity contribution in [1.82, 2.24) is 0 Å². The Bertz CT molecular complexity index is 193. The molecule has 0 bridgehead atoms. The van der Waals surface area contributed by atoms with Gasteiger partial charge in [0.15, 0.2) is 0 Å². The van der Waals surface area contributed by atoms with E-state index in [1.807, 2.05) is 13.8 Å². The standard InChI is InChI=1S/2C12H26S.2C3H7.Sn/c2*1-2-3-4-5-6-7-8-9-10-11-12-13;2*1-3-2;/h2*13H,2-12H2,1H3;2*1,3H2,2H3;/q;;;;+2/p-2. The van der Waals surface area contributed by atoms with Crippen LogP contribution >= 0.6 is 0 Å². The summed E-state index contributed by atoms with van der Waals surface area (Å²) in [6.07, 6.45) is 30.1. The predicted octanol–water partition coefficient (Wildman–Crippen LogP) is 11.0. The monoisotopic (exact) mass is 608 g/mol. The van der Waals surface area contributed by atoms with E-state index < -0.39 is 0 Å². The third kappa shape index (κ3) is 71.9. The van der Waals surface area contributed by atoms with Crippen molar-refractivity contribution in [3.05, 3.63) is 13.8 Å². The van der Waals surface area contributed by atoms with Crippen LogP contribution in [-0.4, -0.2) is 35.4 Å². The summed E-state index contributed by atoms with van der Waals surface area (Å²) in [6.45, 7) is 15.5. The molecular formula is C30H64S2Sn. The molecule has 0 nitrogen and oxygen atoms in total. The molecule has 0 atom stereocenters. The Balaban J connectivity index is -0.000000124. The molecule has 0 aromatic heterocycles. The molecule has 33 heavy (non-hydrogen) atoms. The van der Waals surface area contributed by atoms with Crippen LogP contribution in [0.15, 0.2) is 0 Å². The Labute approximate surface area is 242 Å². The van der Waals surface area contributed by atoms with Crippen molar-refractivity contribution in [2.75, 3.05) is 11.5 Å².